The maximum Gasteiger partial charge on any atom is 0.251 e. The van der Waals surface area contributed by atoms with Crippen molar-refractivity contribution in [1.29, 1.82) is 0 Å². The van der Waals surface area contributed by atoms with E-state index in [1.165, 1.54) is 24.3 Å². The van der Waals surface area contributed by atoms with Crippen LogP contribution in [0, 0.1) is 12.3 Å². The maximum atomic E-state index is 12.2. The first-order chi connectivity index (χ1) is 10.9. The predicted molar refractivity (Wildman–Crippen MR) is 86.4 cm³/mol. The zero-order valence-electron chi connectivity index (χ0n) is 12.9. The number of sulfonamides is 1. The van der Waals surface area contributed by atoms with Crippen LogP contribution in [0.15, 0.2) is 29.2 Å². The Labute approximate surface area is 136 Å². The number of hydrogen-bond donors (Lipinski definition) is 2. The summed E-state index contributed by atoms with van der Waals surface area (Å²) < 4.78 is 31.6. The monoisotopic (exact) mass is 336 g/mol. The van der Waals surface area contributed by atoms with Crippen molar-refractivity contribution in [1.82, 2.24) is 10.0 Å². The Morgan fingerprint density at radius 3 is 2.70 bits per heavy atom. The maximum absolute atomic E-state index is 12.2. The van der Waals surface area contributed by atoms with Gasteiger partial charge in [-0.05, 0) is 44.0 Å². The highest BCUT2D eigenvalue weighted by Gasteiger charge is 2.24. The number of hydrogen-bond acceptors (Lipinski definition) is 4. The molecule has 1 aliphatic heterocycles. The molecule has 1 heterocycles. The molecule has 2 rings (SSSR count). The van der Waals surface area contributed by atoms with E-state index >= 15 is 0 Å². The van der Waals surface area contributed by atoms with Crippen molar-refractivity contribution in [3.05, 3.63) is 29.8 Å². The zero-order chi connectivity index (χ0) is 16.9. The quantitative estimate of drug-likeness (QED) is 0.756. The van der Waals surface area contributed by atoms with Gasteiger partial charge in [-0.2, -0.15) is 4.72 Å². The fourth-order valence-corrected chi connectivity index (χ4v) is 3.32. The average molecular weight is 336 g/mol. The van der Waals surface area contributed by atoms with Crippen LogP contribution in [-0.2, 0) is 14.8 Å². The van der Waals surface area contributed by atoms with E-state index in [4.69, 9.17) is 11.2 Å². The summed E-state index contributed by atoms with van der Waals surface area (Å²) in [5, 5.41) is 2.88. The number of benzene rings is 1. The minimum Gasteiger partial charge on any atom is -0.376 e. The second-order valence-corrected chi connectivity index (χ2v) is 7.13. The summed E-state index contributed by atoms with van der Waals surface area (Å²) in [6.07, 6.45) is 7.00. The van der Waals surface area contributed by atoms with E-state index in [2.05, 4.69) is 16.0 Å². The third kappa shape index (κ3) is 4.55. The summed E-state index contributed by atoms with van der Waals surface area (Å²) >= 11 is 0. The standard InChI is InChI=1S/C16H20N2O4S/c1-3-10-17-23(20,21)14-8-6-13(7-9-14)16(19)18-12(2)15-5-4-11-22-15/h1,6-9,12,15,17H,4-5,10-11H2,2H3,(H,18,19). The molecule has 1 aliphatic rings. The van der Waals surface area contributed by atoms with Crippen LogP contribution in [0.4, 0.5) is 0 Å². The van der Waals surface area contributed by atoms with Gasteiger partial charge in [0.15, 0.2) is 0 Å². The van der Waals surface area contributed by atoms with Crippen molar-refractivity contribution in [3.8, 4) is 12.3 Å². The first-order valence-corrected chi connectivity index (χ1v) is 8.88. The van der Waals surface area contributed by atoms with Gasteiger partial charge in [0.1, 0.15) is 0 Å². The third-order valence-corrected chi connectivity index (χ3v) is 5.09. The van der Waals surface area contributed by atoms with E-state index in [1.54, 1.807) is 0 Å². The molecule has 6 nitrogen and oxygen atoms in total. The van der Waals surface area contributed by atoms with Gasteiger partial charge in [-0.15, -0.1) is 6.42 Å². The van der Waals surface area contributed by atoms with Crippen molar-refractivity contribution < 1.29 is 17.9 Å². The van der Waals surface area contributed by atoms with E-state index < -0.39 is 10.0 Å². The number of ether oxygens (including phenoxy) is 1. The molecule has 124 valence electrons. The molecule has 0 spiro atoms. The molecular formula is C16H20N2O4S. The Morgan fingerprint density at radius 1 is 1.43 bits per heavy atom. The highest BCUT2D eigenvalue weighted by molar-refractivity contribution is 7.89. The van der Waals surface area contributed by atoms with Crippen LogP contribution in [-0.4, -0.2) is 39.6 Å². The largest absolute Gasteiger partial charge is 0.376 e. The van der Waals surface area contributed by atoms with E-state index in [0.29, 0.717) is 5.56 Å². The fourth-order valence-electron chi connectivity index (χ4n) is 2.39. The molecule has 0 aliphatic carbocycles. The lowest BCUT2D eigenvalue weighted by Crippen LogP contribution is -2.40. The Balaban J connectivity index is 2.01. The Kier molecular flexibility index (Phi) is 5.77. The van der Waals surface area contributed by atoms with Gasteiger partial charge in [0.2, 0.25) is 10.0 Å². The Morgan fingerprint density at radius 2 is 2.13 bits per heavy atom. The molecule has 23 heavy (non-hydrogen) atoms. The molecule has 0 aromatic heterocycles. The van der Waals surface area contributed by atoms with Crippen LogP contribution < -0.4 is 10.0 Å². The summed E-state index contributed by atoms with van der Waals surface area (Å²) in [6, 6.07) is 5.62. The molecule has 2 unspecified atom stereocenters. The van der Waals surface area contributed by atoms with Crippen LogP contribution in [0.25, 0.3) is 0 Å². The van der Waals surface area contributed by atoms with E-state index in [1.807, 2.05) is 6.92 Å². The van der Waals surface area contributed by atoms with Crippen LogP contribution >= 0.6 is 0 Å². The van der Waals surface area contributed by atoms with Gasteiger partial charge in [-0.3, -0.25) is 4.79 Å². The topological polar surface area (TPSA) is 84.5 Å². The molecule has 0 bridgehead atoms. The van der Waals surface area contributed by atoms with Gasteiger partial charge < -0.3 is 10.1 Å². The zero-order valence-corrected chi connectivity index (χ0v) is 13.7. The lowest BCUT2D eigenvalue weighted by Gasteiger charge is -2.20. The number of nitrogens with one attached hydrogen (secondary N) is 2. The first-order valence-electron chi connectivity index (χ1n) is 7.39. The number of amides is 1. The number of carbonyl (C=O) groups is 1. The van der Waals surface area contributed by atoms with Crippen molar-refractivity contribution in [2.75, 3.05) is 13.2 Å². The van der Waals surface area contributed by atoms with Gasteiger partial charge in [0.05, 0.1) is 23.6 Å². The molecule has 1 aromatic carbocycles. The van der Waals surface area contributed by atoms with E-state index in [9.17, 15) is 13.2 Å². The third-order valence-electron chi connectivity index (χ3n) is 3.67. The highest BCUT2D eigenvalue weighted by Crippen LogP contribution is 2.16. The highest BCUT2D eigenvalue weighted by atomic mass is 32.2. The van der Waals surface area contributed by atoms with Crippen LogP contribution in [0.1, 0.15) is 30.1 Å². The second-order valence-electron chi connectivity index (χ2n) is 5.37. The molecule has 1 saturated heterocycles. The van der Waals surface area contributed by atoms with E-state index in [-0.39, 0.29) is 29.5 Å². The Bertz CT molecular complexity index is 686. The number of carbonyl (C=O) groups excluding carboxylic acids is 1. The van der Waals surface area contributed by atoms with Gasteiger partial charge >= 0.3 is 0 Å². The smallest absolute Gasteiger partial charge is 0.251 e. The minimum atomic E-state index is -3.65. The first kappa shape index (κ1) is 17.5. The van der Waals surface area contributed by atoms with Gasteiger partial charge in [-0.25, -0.2) is 8.42 Å². The minimum absolute atomic E-state index is 0.0339. The normalized spacial score (nSPS) is 19.0. The van der Waals surface area contributed by atoms with Crippen molar-refractivity contribution in [2.45, 2.75) is 36.8 Å². The fraction of sp³-hybridized carbons (Fsp3) is 0.438. The molecule has 0 saturated carbocycles. The summed E-state index contributed by atoms with van der Waals surface area (Å²) in [7, 11) is -3.65. The number of rotatable bonds is 6. The van der Waals surface area contributed by atoms with Crippen LogP contribution in [0.2, 0.25) is 0 Å². The Hall–Kier alpha value is -1.88. The lowest BCUT2D eigenvalue weighted by molar-refractivity contribution is 0.0712. The molecule has 1 amide bonds. The molecule has 1 fully saturated rings. The van der Waals surface area contributed by atoms with Gasteiger partial charge in [-0.1, -0.05) is 5.92 Å². The van der Waals surface area contributed by atoms with Crippen molar-refractivity contribution in [2.24, 2.45) is 0 Å². The summed E-state index contributed by atoms with van der Waals surface area (Å²) in [4.78, 5) is 12.3. The van der Waals surface area contributed by atoms with Crippen molar-refractivity contribution >= 4 is 15.9 Å². The van der Waals surface area contributed by atoms with Crippen LogP contribution in [0.5, 0.6) is 0 Å². The average Bonchev–Trinajstić information content (AvgIpc) is 3.07. The second kappa shape index (κ2) is 7.59. The van der Waals surface area contributed by atoms with Gasteiger partial charge in [0.25, 0.3) is 5.91 Å². The molecule has 2 N–H and O–H groups in total. The SMILES string of the molecule is C#CCNS(=O)(=O)c1ccc(C(=O)NC(C)C2CCCO2)cc1. The summed E-state index contributed by atoms with van der Waals surface area (Å²) in [5.74, 6) is 1.95. The number of terminal acetylenes is 1. The summed E-state index contributed by atoms with van der Waals surface area (Å²) in [6.45, 7) is 2.54. The van der Waals surface area contributed by atoms with Gasteiger partial charge in [0, 0.05) is 12.2 Å². The molecule has 0 radical (unpaired) electrons. The molecule has 2 atom stereocenters. The van der Waals surface area contributed by atoms with Crippen molar-refractivity contribution in [3.63, 3.8) is 0 Å². The molecule has 7 heteroatoms. The molecular weight excluding hydrogens is 316 g/mol. The summed E-state index contributed by atoms with van der Waals surface area (Å²) in [5.41, 5.74) is 0.394. The van der Waals surface area contributed by atoms with Crippen LogP contribution in [0.3, 0.4) is 0 Å². The predicted octanol–water partition coefficient (Wildman–Crippen LogP) is 0.895. The molecule has 1 aromatic rings. The van der Waals surface area contributed by atoms with E-state index in [0.717, 1.165) is 19.4 Å². The lowest BCUT2D eigenvalue weighted by atomic mass is 10.1.